The molecule has 0 saturated carbocycles. The van der Waals surface area contributed by atoms with E-state index in [-0.39, 0.29) is 32.4 Å². The van der Waals surface area contributed by atoms with Gasteiger partial charge in [-0.2, -0.15) is 0 Å². The summed E-state index contributed by atoms with van der Waals surface area (Å²) in [6, 6.07) is 22.2. The summed E-state index contributed by atoms with van der Waals surface area (Å²) in [7, 11) is 1.66. The lowest BCUT2D eigenvalue weighted by Gasteiger charge is -2.18. The largest absolute Gasteiger partial charge is 0.508 e. The van der Waals surface area contributed by atoms with Gasteiger partial charge in [-0.05, 0) is 52.9 Å². The molecule has 0 unspecified atom stereocenters. The summed E-state index contributed by atoms with van der Waals surface area (Å²) in [6.45, 7) is 7.13. The van der Waals surface area contributed by atoms with Gasteiger partial charge in [0.25, 0.3) is 0 Å². The Balaban J connectivity index is 1.73. The normalized spacial score (nSPS) is 11.3. The lowest BCUT2D eigenvalue weighted by atomic mass is 9.87. The molecule has 146 valence electrons. The summed E-state index contributed by atoms with van der Waals surface area (Å²) in [5, 5.41) is 9.41. The van der Waals surface area contributed by atoms with E-state index in [9.17, 15) is 5.11 Å². The summed E-state index contributed by atoms with van der Waals surface area (Å²) in [4.78, 5) is 0. The van der Waals surface area contributed by atoms with E-state index in [0.717, 1.165) is 17.1 Å². The summed E-state index contributed by atoms with van der Waals surface area (Å²) in [5.74, 6) is 1.74. The van der Waals surface area contributed by atoms with Crippen LogP contribution < -0.4 is 30.7 Å². The number of phenols is 1. The molecule has 0 heterocycles. The Hall–Kier alpha value is -2.21. The van der Waals surface area contributed by atoms with Gasteiger partial charge in [0.15, 0.2) is 18.6 Å². The minimum absolute atomic E-state index is 0.173. The van der Waals surface area contributed by atoms with Gasteiger partial charge in [-0.15, -0.1) is 0 Å². The summed E-state index contributed by atoms with van der Waals surface area (Å²) in [5.41, 5.74) is 2.53. The van der Waals surface area contributed by atoms with Crippen molar-refractivity contribution in [1.82, 2.24) is 0 Å². The topological polar surface area (TPSA) is 38.7 Å². The lowest BCUT2D eigenvalue weighted by molar-refractivity contribution is -0.597. The molecule has 3 aromatic rings. The molecule has 0 aliphatic heterocycles. The Bertz CT molecular complexity index is 910. The molecule has 0 aromatic heterocycles. The number of hydrogen-bond donors (Lipinski definition) is 1. The molecule has 0 bridgehead atoms. The molecular formula is C24H26IO3+. The van der Waals surface area contributed by atoms with Crippen LogP contribution in [0.2, 0.25) is 0 Å². The zero-order chi connectivity index (χ0) is 20.1. The Morgan fingerprint density at radius 3 is 2.07 bits per heavy atom. The van der Waals surface area contributed by atoms with Crippen molar-refractivity contribution in [3.63, 3.8) is 0 Å². The van der Waals surface area contributed by atoms with E-state index in [1.165, 1.54) is 12.7 Å². The van der Waals surface area contributed by atoms with Crippen LogP contribution in [0.4, 0.5) is 0 Å². The number of hydrogen-bond acceptors (Lipinski definition) is 3. The van der Waals surface area contributed by atoms with Crippen LogP contribution in [-0.4, -0.2) is 12.2 Å². The van der Waals surface area contributed by atoms with Gasteiger partial charge in [-0.3, -0.25) is 0 Å². The fourth-order valence-electron chi connectivity index (χ4n) is 2.71. The van der Waals surface area contributed by atoms with E-state index in [0.29, 0.717) is 6.61 Å². The first kappa shape index (κ1) is 20.5. The Kier molecular flexibility index (Phi) is 6.50. The third kappa shape index (κ3) is 5.41. The zero-order valence-corrected chi connectivity index (χ0v) is 18.9. The molecule has 0 aliphatic rings. The molecule has 0 spiro atoms. The Labute approximate surface area is 177 Å². The van der Waals surface area contributed by atoms with Crippen LogP contribution in [0.25, 0.3) is 0 Å². The molecule has 3 nitrogen and oxygen atoms in total. The molecule has 3 aromatic carbocycles. The number of phenolic OH excluding ortho intramolecular Hbond substituents is 1. The smallest absolute Gasteiger partial charge is 0.358 e. The third-order valence-electron chi connectivity index (χ3n) is 4.38. The van der Waals surface area contributed by atoms with Gasteiger partial charge >= 0.3 is 21.2 Å². The second-order valence-electron chi connectivity index (χ2n) is 7.60. The van der Waals surface area contributed by atoms with E-state index in [1.807, 2.05) is 18.2 Å². The lowest BCUT2D eigenvalue weighted by Crippen LogP contribution is -3.61. The van der Waals surface area contributed by atoms with Crippen molar-refractivity contribution in [1.29, 1.82) is 0 Å². The van der Waals surface area contributed by atoms with Gasteiger partial charge in [-0.25, -0.2) is 0 Å². The average molecular weight is 489 g/mol. The van der Waals surface area contributed by atoms with Crippen LogP contribution in [0.15, 0.2) is 66.7 Å². The van der Waals surface area contributed by atoms with Crippen LogP contribution >= 0.6 is 0 Å². The van der Waals surface area contributed by atoms with Crippen LogP contribution in [-0.2, 0) is 12.0 Å². The van der Waals surface area contributed by atoms with E-state index in [4.69, 9.17) is 9.47 Å². The number of ether oxygens (including phenoxy) is 2. The number of benzene rings is 3. The monoisotopic (exact) mass is 489 g/mol. The quantitative estimate of drug-likeness (QED) is 0.541. The van der Waals surface area contributed by atoms with Crippen LogP contribution in [0.3, 0.4) is 0 Å². The predicted octanol–water partition coefficient (Wildman–Crippen LogP) is 2.41. The zero-order valence-electron chi connectivity index (χ0n) is 16.7. The first-order valence-corrected chi connectivity index (χ1v) is 11.3. The molecule has 3 rings (SSSR count). The van der Waals surface area contributed by atoms with Crippen molar-refractivity contribution in [3.8, 4) is 17.2 Å². The Morgan fingerprint density at radius 2 is 1.46 bits per heavy atom. The second kappa shape index (κ2) is 8.86. The molecule has 1 N–H and O–H groups in total. The molecule has 4 heteroatoms. The van der Waals surface area contributed by atoms with Gasteiger partial charge in [0.2, 0.25) is 0 Å². The van der Waals surface area contributed by atoms with E-state index < -0.39 is 0 Å². The van der Waals surface area contributed by atoms with Crippen LogP contribution in [0.1, 0.15) is 31.9 Å². The summed E-state index contributed by atoms with van der Waals surface area (Å²) in [6.07, 6.45) is 0. The van der Waals surface area contributed by atoms with Gasteiger partial charge < -0.3 is 14.6 Å². The first-order chi connectivity index (χ1) is 13.3. The molecule has 0 atom stereocenters. The van der Waals surface area contributed by atoms with Crippen molar-refractivity contribution in [2.45, 2.75) is 32.8 Å². The maximum atomic E-state index is 9.41. The first-order valence-electron chi connectivity index (χ1n) is 9.19. The van der Waals surface area contributed by atoms with Crippen molar-refractivity contribution in [2.75, 3.05) is 7.11 Å². The fourth-order valence-corrected chi connectivity index (χ4v) is 4.95. The standard InChI is InChI=1S/C24H25IO3/c1-24(2,3)18-7-9-19(10-8-18)25-20-11-14-22(27-4)23(15-20)28-16-17-5-12-21(26)13-6-17/h5-15H,16H2,1-4H3/p+1. The minimum Gasteiger partial charge on any atom is -0.508 e. The molecule has 0 saturated heterocycles. The van der Waals surface area contributed by atoms with Crippen molar-refractivity contribution >= 4 is 0 Å². The van der Waals surface area contributed by atoms with Crippen LogP contribution in [0.5, 0.6) is 17.2 Å². The molecule has 0 aliphatic carbocycles. The van der Waals surface area contributed by atoms with E-state index in [1.54, 1.807) is 19.2 Å². The van der Waals surface area contributed by atoms with Crippen molar-refractivity contribution in [2.24, 2.45) is 0 Å². The summed E-state index contributed by atoms with van der Waals surface area (Å²) < 4.78 is 14.1. The second-order valence-corrected chi connectivity index (χ2v) is 10.6. The van der Waals surface area contributed by atoms with Gasteiger partial charge in [-0.1, -0.05) is 45.0 Å². The SMILES string of the molecule is COc1ccc([I+]c2ccc(C(C)(C)C)cc2)cc1OCc1ccc(O)cc1. The van der Waals surface area contributed by atoms with Crippen molar-refractivity contribution < 1.29 is 35.8 Å². The van der Waals surface area contributed by atoms with Gasteiger partial charge in [0, 0.05) is 6.07 Å². The fraction of sp³-hybridized carbons (Fsp3) is 0.250. The number of aromatic hydroxyl groups is 1. The summed E-state index contributed by atoms with van der Waals surface area (Å²) >= 11 is -0.295. The molecule has 28 heavy (non-hydrogen) atoms. The number of methoxy groups -OCH3 is 1. The molecule has 0 amide bonds. The highest BCUT2D eigenvalue weighted by atomic mass is 127. The minimum atomic E-state index is -0.295. The van der Waals surface area contributed by atoms with E-state index >= 15 is 0 Å². The van der Waals surface area contributed by atoms with E-state index in [2.05, 4.69) is 57.2 Å². The highest BCUT2D eigenvalue weighted by Crippen LogP contribution is 2.27. The predicted molar refractivity (Wildman–Crippen MR) is 108 cm³/mol. The maximum Gasteiger partial charge on any atom is 0.358 e. The highest BCUT2D eigenvalue weighted by Gasteiger charge is 2.20. The third-order valence-corrected chi connectivity index (χ3v) is 7.02. The highest BCUT2D eigenvalue weighted by molar-refractivity contribution is 5.39. The van der Waals surface area contributed by atoms with Crippen LogP contribution in [0, 0.1) is 7.14 Å². The molecule has 0 radical (unpaired) electrons. The molecule has 0 fully saturated rings. The van der Waals surface area contributed by atoms with Crippen molar-refractivity contribution in [3.05, 3.63) is 85.0 Å². The number of rotatable bonds is 6. The van der Waals surface area contributed by atoms with Gasteiger partial charge in [0.1, 0.15) is 12.4 Å². The maximum absolute atomic E-state index is 9.41. The van der Waals surface area contributed by atoms with Gasteiger partial charge in [0.05, 0.1) is 7.11 Å². The average Bonchev–Trinajstić information content (AvgIpc) is 2.67. The number of halogens is 1. The Morgan fingerprint density at radius 1 is 0.821 bits per heavy atom. The molecular weight excluding hydrogens is 463 g/mol.